The minimum Gasteiger partial charge on any atom is -0.481 e. The van der Waals surface area contributed by atoms with Gasteiger partial charge in [-0.1, -0.05) is 74.1 Å². The largest absolute Gasteiger partial charge is 0.481 e. The van der Waals surface area contributed by atoms with Crippen molar-refractivity contribution < 1.29 is 14.7 Å². The lowest BCUT2D eigenvalue weighted by Crippen LogP contribution is -2.48. The van der Waals surface area contributed by atoms with Crippen LogP contribution in [0.3, 0.4) is 0 Å². The summed E-state index contributed by atoms with van der Waals surface area (Å²) in [4.78, 5) is 44.6. The molecule has 0 saturated carbocycles. The smallest absolute Gasteiger partial charge is 0.303 e. The van der Waals surface area contributed by atoms with Crippen molar-refractivity contribution in [1.29, 1.82) is 5.26 Å². The number of carboxylic acids is 1. The monoisotopic (exact) mass is 621 g/mol. The molecular formula is C32H39N5O4S2. The average Bonchev–Trinajstić information content (AvgIpc) is 3.26. The van der Waals surface area contributed by atoms with Crippen LogP contribution in [-0.4, -0.2) is 68.4 Å². The van der Waals surface area contributed by atoms with E-state index in [0.29, 0.717) is 65.8 Å². The number of nitriles is 1. The van der Waals surface area contributed by atoms with Crippen molar-refractivity contribution in [2.24, 2.45) is 0 Å². The highest BCUT2D eigenvalue weighted by Crippen LogP contribution is 2.36. The second kappa shape index (κ2) is 15.3. The van der Waals surface area contributed by atoms with E-state index in [0.717, 1.165) is 38.3 Å². The molecule has 0 unspecified atom stereocenters. The normalized spacial score (nSPS) is 16.7. The molecule has 1 amide bonds. The number of unbranched alkanes of at least 4 members (excludes halogenated alkanes) is 3. The van der Waals surface area contributed by atoms with Crippen LogP contribution < -0.4 is 10.5 Å². The molecule has 2 fully saturated rings. The van der Waals surface area contributed by atoms with Crippen LogP contribution >= 0.6 is 24.0 Å². The Bertz CT molecular complexity index is 1470. The Hall–Kier alpha value is -3.46. The number of thioether (sulfide) groups is 1. The molecule has 0 radical (unpaired) electrons. The molecule has 2 aliphatic heterocycles. The number of aliphatic carboxylic acids is 1. The highest BCUT2D eigenvalue weighted by molar-refractivity contribution is 8.26. The predicted octanol–water partition coefficient (Wildman–Crippen LogP) is 5.00. The molecule has 0 spiro atoms. The minimum absolute atomic E-state index is 0.0997. The predicted molar refractivity (Wildman–Crippen MR) is 175 cm³/mol. The van der Waals surface area contributed by atoms with Crippen molar-refractivity contribution in [2.75, 3.05) is 37.6 Å². The lowest BCUT2D eigenvalue weighted by Gasteiger charge is -2.38. The van der Waals surface area contributed by atoms with Crippen LogP contribution in [0.5, 0.6) is 0 Å². The zero-order chi connectivity index (χ0) is 30.9. The van der Waals surface area contributed by atoms with E-state index < -0.39 is 5.97 Å². The van der Waals surface area contributed by atoms with Gasteiger partial charge in [-0.25, -0.2) is 0 Å². The van der Waals surface area contributed by atoms with Crippen molar-refractivity contribution in [1.82, 2.24) is 14.4 Å². The lowest BCUT2D eigenvalue weighted by molar-refractivity contribution is -0.137. The minimum atomic E-state index is -0.825. The van der Waals surface area contributed by atoms with Crippen LogP contribution in [0.25, 0.3) is 6.08 Å². The van der Waals surface area contributed by atoms with Crippen LogP contribution in [0.4, 0.5) is 5.82 Å². The molecule has 1 aromatic carbocycles. The van der Waals surface area contributed by atoms with E-state index in [1.807, 2.05) is 24.3 Å². The second-order valence-corrected chi connectivity index (χ2v) is 12.6. The highest BCUT2D eigenvalue weighted by Gasteiger charge is 2.33. The quantitative estimate of drug-likeness (QED) is 0.188. The highest BCUT2D eigenvalue weighted by atomic mass is 32.2. The molecule has 0 bridgehead atoms. The Labute approximate surface area is 262 Å². The van der Waals surface area contributed by atoms with Crippen LogP contribution in [0, 0.1) is 18.3 Å². The van der Waals surface area contributed by atoms with Crippen LogP contribution in [0.2, 0.25) is 0 Å². The average molecular weight is 622 g/mol. The van der Waals surface area contributed by atoms with Crippen molar-refractivity contribution in [3.05, 3.63) is 67.8 Å². The molecule has 2 aromatic rings. The van der Waals surface area contributed by atoms with Crippen LogP contribution in [0.1, 0.15) is 67.7 Å². The van der Waals surface area contributed by atoms with Gasteiger partial charge in [0.25, 0.3) is 11.5 Å². The number of pyridine rings is 1. The number of carbonyl (C=O) groups excluding carboxylic acids is 1. The summed E-state index contributed by atoms with van der Waals surface area (Å²) in [6.07, 6.45) is 5.51. The summed E-state index contributed by atoms with van der Waals surface area (Å²) in [6.45, 7) is 8.69. The fourth-order valence-electron chi connectivity index (χ4n) is 5.51. The first-order valence-electron chi connectivity index (χ1n) is 14.9. The number of hydrogen-bond donors (Lipinski definition) is 1. The lowest BCUT2D eigenvalue weighted by atomic mass is 10.0. The Kier molecular flexibility index (Phi) is 11.6. The zero-order valence-electron chi connectivity index (χ0n) is 24.9. The van der Waals surface area contributed by atoms with Gasteiger partial charge in [0.2, 0.25) is 0 Å². The number of aromatic nitrogens is 1. The third-order valence-electron chi connectivity index (χ3n) is 7.92. The number of thiocarbonyl (C=S) groups is 1. The standard InChI is InChI=1S/C32H39N5O4S2/c1-3-4-14-36-29(35-18-16-34(17-19-35)22-24-11-7-5-8-12-24)25(23(2)26(21-33)30(36)40)20-27-31(41)37(32(42)43-27)15-10-6-9-13-28(38)39/h5,7-8,11-12,20H,3-4,6,9-10,13-19,22H2,1-2H3,(H,38,39)/b27-20+. The van der Waals surface area contributed by atoms with Crippen molar-refractivity contribution >= 4 is 52.1 Å². The number of amides is 1. The van der Waals surface area contributed by atoms with E-state index in [-0.39, 0.29) is 23.5 Å². The molecule has 2 aliphatic rings. The van der Waals surface area contributed by atoms with Gasteiger partial charge in [-0.05, 0) is 43.4 Å². The Morgan fingerprint density at radius 1 is 1.07 bits per heavy atom. The number of hydrogen-bond acceptors (Lipinski definition) is 8. The SMILES string of the molecule is CCCCn1c(N2CCN(Cc3ccccc3)CC2)c(/C=C2/SC(=S)N(CCCCCC(=O)O)C2=O)c(C)c(C#N)c1=O. The molecule has 1 aromatic heterocycles. The summed E-state index contributed by atoms with van der Waals surface area (Å²) in [6, 6.07) is 12.5. The van der Waals surface area contributed by atoms with E-state index in [1.165, 1.54) is 17.3 Å². The Balaban J connectivity index is 1.64. The zero-order valence-corrected chi connectivity index (χ0v) is 26.5. The summed E-state index contributed by atoms with van der Waals surface area (Å²) in [5, 5.41) is 18.9. The Morgan fingerprint density at radius 3 is 2.44 bits per heavy atom. The van der Waals surface area contributed by atoms with Crippen LogP contribution in [0.15, 0.2) is 40.0 Å². The number of carboxylic acid groups (broad SMARTS) is 1. The summed E-state index contributed by atoms with van der Waals surface area (Å²) < 4.78 is 2.19. The second-order valence-electron chi connectivity index (χ2n) is 10.9. The van der Waals surface area contributed by atoms with Gasteiger partial charge >= 0.3 is 5.97 Å². The fourth-order valence-corrected chi connectivity index (χ4v) is 6.81. The van der Waals surface area contributed by atoms with Crippen LogP contribution in [-0.2, 0) is 22.7 Å². The summed E-state index contributed by atoms with van der Waals surface area (Å²) in [5.74, 6) is -0.265. The molecule has 1 N–H and O–H groups in total. The number of piperazine rings is 1. The summed E-state index contributed by atoms with van der Waals surface area (Å²) >= 11 is 6.78. The van der Waals surface area contributed by atoms with Gasteiger partial charge in [0.1, 0.15) is 21.8 Å². The van der Waals surface area contributed by atoms with E-state index in [4.69, 9.17) is 17.3 Å². The van der Waals surface area contributed by atoms with Gasteiger partial charge in [-0.15, -0.1) is 0 Å². The number of nitrogens with zero attached hydrogens (tertiary/aromatic N) is 5. The maximum atomic E-state index is 13.6. The van der Waals surface area contributed by atoms with Gasteiger partial charge in [0.05, 0.1) is 4.91 Å². The Morgan fingerprint density at radius 2 is 1.79 bits per heavy atom. The molecule has 43 heavy (non-hydrogen) atoms. The molecule has 0 aliphatic carbocycles. The topological polar surface area (TPSA) is 110 Å². The molecular weight excluding hydrogens is 583 g/mol. The van der Waals surface area contributed by atoms with Crippen molar-refractivity contribution in [3.63, 3.8) is 0 Å². The first-order valence-corrected chi connectivity index (χ1v) is 16.1. The third-order valence-corrected chi connectivity index (χ3v) is 9.30. The van der Waals surface area contributed by atoms with Gasteiger partial charge in [0, 0.05) is 57.8 Å². The molecule has 9 nitrogen and oxygen atoms in total. The number of benzene rings is 1. The van der Waals surface area contributed by atoms with E-state index in [9.17, 15) is 19.6 Å². The number of anilines is 1. The molecule has 2 saturated heterocycles. The van der Waals surface area contributed by atoms with Crippen molar-refractivity contribution in [3.8, 4) is 6.07 Å². The first kappa shape index (κ1) is 32.5. The molecule has 4 rings (SSSR count). The maximum absolute atomic E-state index is 13.6. The third kappa shape index (κ3) is 7.93. The van der Waals surface area contributed by atoms with Crippen molar-refractivity contribution in [2.45, 2.75) is 65.5 Å². The molecule has 228 valence electrons. The van der Waals surface area contributed by atoms with E-state index >= 15 is 0 Å². The van der Waals surface area contributed by atoms with E-state index in [2.05, 4.69) is 34.9 Å². The number of carbonyl (C=O) groups is 2. The van der Waals surface area contributed by atoms with Gasteiger partial charge in [-0.2, -0.15) is 5.26 Å². The van der Waals surface area contributed by atoms with Gasteiger partial charge in [-0.3, -0.25) is 28.8 Å². The molecule has 0 atom stereocenters. The summed E-state index contributed by atoms with van der Waals surface area (Å²) in [5.41, 5.74) is 2.35. The number of rotatable bonds is 13. The fraction of sp³-hybridized carbons (Fsp3) is 0.469. The molecule has 11 heteroatoms. The van der Waals surface area contributed by atoms with Gasteiger partial charge in [0.15, 0.2) is 0 Å². The molecule has 3 heterocycles. The van der Waals surface area contributed by atoms with E-state index in [1.54, 1.807) is 16.4 Å². The van der Waals surface area contributed by atoms with Gasteiger partial charge < -0.3 is 10.0 Å². The summed E-state index contributed by atoms with van der Waals surface area (Å²) in [7, 11) is 0. The first-order chi connectivity index (χ1) is 20.7. The maximum Gasteiger partial charge on any atom is 0.303 e.